The van der Waals surface area contributed by atoms with Crippen molar-refractivity contribution in [3.05, 3.63) is 175 Å². The largest absolute Gasteiger partial charge is 0.456 e. The van der Waals surface area contributed by atoms with Gasteiger partial charge in [0.05, 0.1) is 11.0 Å². The highest BCUT2D eigenvalue weighted by atomic mass is 16.3. The van der Waals surface area contributed by atoms with Crippen molar-refractivity contribution < 1.29 is 4.42 Å². The van der Waals surface area contributed by atoms with E-state index in [0.717, 1.165) is 57.5 Å². The summed E-state index contributed by atoms with van der Waals surface area (Å²) in [5.74, 6) is 0. The molecule has 3 heteroatoms. The highest BCUT2D eigenvalue weighted by Crippen LogP contribution is 2.41. The van der Waals surface area contributed by atoms with E-state index in [0.29, 0.717) is 0 Å². The molecule has 1 aliphatic carbocycles. The van der Waals surface area contributed by atoms with Crippen LogP contribution < -0.4 is 4.90 Å². The lowest BCUT2D eigenvalue weighted by Crippen LogP contribution is -2.10. The zero-order valence-corrected chi connectivity index (χ0v) is 26.9. The van der Waals surface area contributed by atoms with Crippen LogP contribution in [0.2, 0.25) is 0 Å². The van der Waals surface area contributed by atoms with E-state index in [-0.39, 0.29) is 0 Å². The van der Waals surface area contributed by atoms with Crippen LogP contribution in [0.3, 0.4) is 0 Å². The average Bonchev–Trinajstić information content (AvgIpc) is 3.71. The Bertz CT molecular complexity index is 2660. The van der Waals surface area contributed by atoms with Gasteiger partial charge in [-0.2, -0.15) is 0 Å². The fourth-order valence-electron chi connectivity index (χ4n) is 7.79. The molecule has 0 spiro atoms. The molecule has 10 rings (SSSR count). The highest BCUT2D eigenvalue weighted by molar-refractivity contribution is 6.09. The van der Waals surface area contributed by atoms with Crippen LogP contribution in [0.1, 0.15) is 17.5 Å². The first-order valence-corrected chi connectivity index (χ1v) is 17.0. The fraction of sp³-hybridized carbons (Fsp3) is 0.0435. The van der Waals surface area contributed by atoms with E-state index in [2.05, 4.69) is 167 Å². The van der Waals surface area contributed by atoms with Crippen molar-refractivity contribution in [3.8, 4) is 16.8 Å². The van der Waals surface area contributed by atoms with Crippen LogP contribution in [0.5, 0.6) is 0 Å². The number of benzene rings is 7. The molecular weight excluding hydrogens is 597 g/mol. The molecule has 0 bridgehead atoms. The molecule has 0 unspecified atom stereocenters. The molecule has 0 N–H and O–H groups in total. The van der Waals surface area contributed by atoms with Crippen LogP contribution in [0.25, 0.3) is 66.6 Å². The van der Waals surface area contributed by atoms with Crippen LogP contribution in [0, 0.1) is 0 Å². The number of hydrogen-bond donors (Lipinski definition) is 0. The smallest absolute Gasteiger partial charge is 0.137 e. The minimum absolute atomic E-state index is 0.881. The summed E-state index contributed by atoms with van der Waals surface area (Å²) in [4.78, 5) is 2.33. The van der Waals surface area contributed by atoms with Crippen LogP contribution in [0.15, 0.2) is 168 Å². The monoisotopic (exact) mass is 628 g/mol. The van der Waals surface area contributed by atoms with E-state index in [1.54, 1.807) is 0 Å². The van der Waals surface area contributed by atoms with Crippen molar-refractivity contribution >= 4 is 66.9 Å². The first kappa shape index (κ1) is 27.8. The van der Waals surface area contributed by atoms with Gasteiger partial charge in [-0.05, 0) is 102 Å². The molecule has 0 radical (unpaired) electrons. The number of hydrogen-bond acceptors (Lipinski definition) is 2. The maximum atomic E-state index is 6.36. The molecule has 2 heterocycles. The Morgan fingerprint density at radius 1 is 0.510 bits per heavy atom. The number of para-hydroxylation sites is 3. The third-order valence-corrected chi connectivity index (χ3v) is 10.1. The maximum absolute atomic E-state index is 6.36. The molecule has 232 valence electrons. The second-order valence-corrected chi connectivity index (χ2v) is 12.9. The number of rotatable bonds is 5. The number of aromatic nitrogens is 1. The van der Waals surface area contributed by atoms with Crippen molar-refractivity contribution in [1.29, 1.82) is 0 Å². The molecule has 1 aliphatic rings. The maximum Gasteiger partial charge on any atom is 0.137 e. The predicted octanol–water partition coefficient (Wildman–Crippen LogP) is 12.8. The van der Waals surface area contributed by atoms with Crippen LogP contribution >= 0.6 is 0 Å². The van der Waals surface area contributed by atoms with Crippen molar-refractivity contribution in [1.82, 2.24) is 4.57 Å². The Labute approximate surface area is 284 Å². The first-order chi connectivity index (χ1) is 24.3. The third kappa shape index (κ3) is 4.51. The molecule has 49 heavy (non-hydrogen) atoms. The van der Waals surface area contributed by atoms with E-state index >= 15 is 0 Å². The van der Waals surface area contributed by atoms with Gasteiger partial charge in [0, 0.05) is 50.4 Å². The molecule has 0 aliphatic heterocycles. The molecule has 0 atom stereocenters. The zero-order valence-electron chi connectivity index (χ0n) is 26.9. The molecule has 0 saturated heterocycles. The van der Waals surface area contributed by atoms with Gasteiger partial charge in [0.1, 0.15) is 11.2 Å². The zero-order chi connectivity index (χ0) is 32.3. The summed E-state index contributed by atoms with van der Waals surface area (Å²) in [7, 11) is 0. The van der Waals surface area contributed by atoms with Gasteiger partial charge in [0.2, 0.25) is 0 Å². The Morgan fingerprint density at radius 2 is 1.14 bits per heavy atom. The molecular formula is C46H32N2O. The summed E-state index contributed by atoms with van der Waals surface area (Å²) in [6, 6.07) is 56.8. The standard InChI is InChI=1S/C46H32N2O/c1-2-12-37-31(10-1)11-9-16-38(37)32-20-22-33(23-21-32)47(36-28-29-42-41-15-5-8-19-45(41)49-46(42)30-36)34-24-26-35(27-25-34)48-43-17-6-3-13-39(43)40-14-4-7-18-44(40)48/h1,3-11,13-30H,2,12H2. The third-order valence-electron chi connectivity index (χ3n) is 10.1. The van der Waals surface area contributed by atoms with Crippen LogP contribution in [-0.2, 0) is 6.42 Å². The quantitative estimate of drug-likeness (QED) is 0.189. The van der Waals surface area contributed by atoms with Crippen molar-refractivity contribution in [2.24, 2.45) is 0 Å². The second-order valence-electron chi connectivity index (χ2n) is 12.9. The summed E-state index contributed by atoms with van der Waals surface area (Å²) < 4.78 is 8.72. The van der Waals surface area contributed by atoms with Gasteiger partial charge in [-0.15, -0.1) is 0 Å². The summed E-state index contributed by atoms with van der Waals surface area (Å²) in [5, 5.41) is 4.79. The van der Waals surface area contributed by atoms with Gasteiger partial charge in [-0.1, -0.05) is 97.1 Å². The van der Waals surface area contributed by atoms with E-state index in [1.807, 2.05) is 12.1 Å². The second kappa shape index (κ2) is 11.1. The molecule has 3 nitrogen and oxygen atoms in total. The van der Waals surface area contributed by atoms with Crippen LogP contribution in [-0.4, -0.2) is 4.57 Å². The minimum atomic E-state index is 0.881. The van der Waals surface area contributed by atoms with Gasteiger partial charge in [0.15, 0.2) is 0 Å². The molecule has 7 aromatic carbocycles. The minimum Gasteiger partial charge on any atom is -0.456 e. The van der Waals surface area contributed by atoms with Crippen molar-refractivity contribution in [2.75, 3.05) is 4.90 Å². The van der Waals surface area contributed by atoms with Gasteiger partial charge in [-0.25, -0.2) is 0 Å². The molecule has 2 aromatic heterocycles. The number of nitrogens with zero attached hydrogens (tertiary/aromatic N) is 2. The Hall–Kier alpha value is -6.32. The lowest BCUT2D eigenvalue weighted by atomic mass is 9.89. The summed E-state index contributed by atoms with van der Waals surface area (Å²) in [6.45, 7) is 0. The van der Waals surface area contributed by atoms with E-state index < -0.39 is 0 Å². The van der Waals surface area contributed by atoms with E-state index in [4.69, 9.17) is 4.42 Å². The first-order valence-electron chi connectivity index (χ1n) is 17.0. The molecule has 0 fully saturated rings. The average molecular weight is 629 g/mol. The Kier molecular flexibility index (Phi) is 6.31. The summed E-state index contributed by atoms with van der Waals surface area (Å²) in [6.07, 6.45) is 6.70. The number of allylic oxidation sites excluding steroid dienone is 1. The van der Waals surface area contributed by atoms with E-state index in [9.17, 15) is 0 Å². The lowest BCUT2D eigenvalue weighted by Gasteiger charge is -2.26. The number of furan rings is 1. The van der Waals surface area contributed by atoms with Gasteiger partial charge in [-0.3, -0.25) is 0 Å². The van der Waals surface area contributed by atoms with Gasteiger partial charge in [0.25, 0.3) is 0 Å². The Morgan fingerprint density at radius 3 is 1.90 bits per heavy atom. The predicted molar refractivity (Wildman–Crippen MR) is 206 cm³/mol. The van der Waals surface area contributed by atoms with Crippen molar-refractivity contribution in [2.45, 2.75) is 12.8 Å². The number of fused-ring (bicyclic) bond motifs is 7. The topological polar surface area (TPSA) is 21.3 Å². The number of anilines is 3. The highest BCUT2D eigenvalue weighted by Gasteiger charge is 2.18. The molecule has 0 amide bonds. The van der Waals surface area contributed by atoms with Gasteiger partial charge < -0.3 is 13.9 Å². The Balaban J connectivity index is 1.10. The molecule has 0 saturated carbocycles. The lowest BCUT2D eigenvalue weighted by molar-refractivity contribution is 0.669. The van der Waals surface area contributed by atoms with Crippen LogP contribution in [0.4, 0.5) is 17.1 Å². The fourth-order valence-corrected chi connectivity index (χ4v) is 7.79. The van der Waals surface area contributed by atoms with Gasteiger partial charge >= 0.3 is 0 Å². The summed E-state index contributed by atoms with van der Waals surface area (Å²) >= 11 is 0. The molecule has 9 aromatic rings. The summed E-state index contributed by atoms with van der Waals surface area (Å²) in [5.41, 5.74) is 13.9. The van der Waals surface area contributed by atoms with E-state index in [1.165, 1.54) is 44.1 Å². The normalized spacial score (nSPS) is 12.7. The van der Waals surface area contributed by atoms with Crippen molar-refractivity contribution in [3.63, 3.8) is 0 Å². The SMILES string of the molecule is C1=Cc2cccc(-c3ccc(N(c4ccc(-n5c6ccccc6c6ccccc65)cc4)c4ccc5c(c4)oc4ccccc45)cc3)c2CC1.